The van der Waals surface area contributed by atoms with E-state index < -0.39 is 27.6 Å². The summed E-state index contributed by atoms with van der Waals surface area (Å²) >= 11 is 0. The quantitative estimate of drug-likeness (QED) is 0.515. The summed E-state index contributed by atoms with van der Waals surface area (Å²) in [5, 5.41) is 13.2. The molecule has 3 rings (SSSR count). The maximum atomic E-state index is 12.9. The summed E-state index contributed by atoms with van der Waals surface area (Å²) < 4.78 is 0. The molecule has 2 saturated carbocycles. The smallest absolute Gasteiger partial charge is 0.269 e. The number of amides is 1. The number of Topliss-reactive ketones (excluding diaryl/α,β-unsaturated/α-hetero) is 2. The van der Waals surface area contributed by atoms with Gasteiger partial charge in [-0.25, -0.2) is 0 Å². The molecule has 0 radical (unpaired) electrons. The highest BCUT2D eigenvalue weighted by atomic mass is 16.6. The van der Waals surface area contributed by atoms with E-state index in [4.69, 9.17) is 0 Å². The summed E-state index contributed by atoms with van der Waals surface area (Å²) in [6.45, 7) is 5.68. The minimum absolute atomic E-state index is 0.102. The highest BCUT2D eigenvalue weighted by Gasteiger charge is 2.66. The molecule has 132 valence electrons. The first kappa shape index (κ1) is 17.3. The predicted octanol–water partition coefficient (Wildman–Crippen LogP) is 2.74. The number of benzene rings is 1. The fraction of sp³-hybridized carbons (Fsp3) is 0.500. The summed E-state index contributed by atoms with van der Waals surface area (Å²) in [5.41, 5.74) is -0.928. The SMILES string of the molecule is CC1(C)C2CC[C@@]1(C)C(=O)C(C(=O)Nc1ccc([N+](=O)[O-])cc1)C2=O. The van der Waals surface area contributed by atoms with Crippen LogP contribution in [0.5, 0.6) is 0 Å². The first-order valence-corrected chi connectivity index (χ1v) is 8.23. The molecule has 0 heterocycles. The van der Waals surface area contributed by atoms with Crippen LogP contribution in [-0.4, -0.2) is 22.4 Å². The number of hydrogen-bond acceptors (Lipinski definition) is 5. The molecule has 1 aromatic carbocycles. The zero-order chi connectivity index (χ0) is 18.6. The summed E-state index contributed by atoms with van der Waals surface area (Å²) in [7, 11) is 0. The maximum Gasteiger partial charge on any atom is 0.269 e. The number of nitro groups is 1. The second kappa shape index (κ2) is 5.47. The number of ketones is 2. The van der Waals surface area contributed by atoms with Crippen molar-refractivity contribution in [3.63, 3.8) is 0 Å². The molecule has 7 nitrogen and oxygen atoms in total. The van der Waals surface area contributed by atoms with Crippen LogP contribution in [-0.2, 0) is 14.4 Å². The van der Waals surface area contributed by atoms with E-state index in [1.54, 1.807) is 0 Å². The Balaban J connectivity index is 1.84. The van der Waals surface area contributed by atoms with Crippen molar-refractivity contribution in [2.75, 3.05) is 5.32 Å². The maximum absolute atomic E-state index is 12.9. The van der Waals surface area contributed by atoms with Gasteiger partial charge in [0.2, 0.25) is 5.91 Å². The van der Waals surface area contributed by atoms with Crippen LogP contribution in [0, 0.1) is 32.8 Å². The van der Waals surface area contributed by atoms with Gasteiger partial charge in [0.1, 0.15) is 0 Å². The number of nitro benzene ring substituents is 1. The van der Waals surface area contributed by atoms with E-state index in [9.17, 15) is 24.5 Å². The number of rotatable bonds is 3. The Morgan fingerprint density at radius 1 is 1.20 bits per heavy atom. The van der Waals surface area contributed by atoms with Crippen LogP contribution in [0.2, 0.25) is 0 Å². The number of fused-ring (bicyclic) bond motifs is 2. The van der Waals surface area contributed by atoms with Crippen molar-refractivity contribution in [3.8, 4) is 0 Å². The third kappa shape index (κ3) is 2.37. The second-order valence-corrected chi connectivity index (χ2v) is 7.64. The Labute approximate surface area is 144 Å². The van der Waals surface area contributed by atoms with Gasteiger partial charge in [-0.1, -0.05) is 20.8 Å². The molecule has 1 N–H and O–H groups in total. The van der Waals surface area contributed by atoms with Crippen molar-refractivity contribution >= 4 is 28.8 Å². The van der Waals surface area contributed by atoms with Gasteiger partial charge in [0.25, 0.3) is 5.69 Å². The molecule has 25 heavy (non-hydrogen) atoms. The van der Waals surface area contributed by atoms with E-state index in [1.807, 2.05) is 20.8 Å². The van der Waals surface area contributed by atoms with E-state index >= 15 is 0 Å². The minimum Gasteiger partial charge on any atom is -0.325 e. The highest BCUT2D eigenvalue weighted by Crippen LogP contribution is 2.61. The van der Waals surface area contributed by atoms with E-state index in [0.29, 0.717) is 18.5 Å². The summed E-state index contributed by atoms with van der Waals surface area (Å²) in [6, 6.07) is 5.28. The van der Waals surface area contributed by atoms with Crippen LogP contribution in [0.4, 0.5) is 11.4 Å². The molecular weight excluding hydrogens is 324 g/mol. The second-order valence-electron chi connectivity index (χ2n) is 7.64. The van der Waals surface area contributed by atoms with Gasteiger partial charge in [-0.3, -0.25) is 24.5 Å². The van der Waals surface area contributed by atoms with Crippen molar-refractivity contribution in [1.29, 1.82) is 0 Å². The zero-order valence-corrected chi connectivity index (χ0v) is 14.4. The normalized spacial score (nSPS) is 30.2. The topological polar surface area (TPSA) is 106 Å². The number of non-ortho nitro benzene ring substituents is 1. The van der Waals surface area contributed by atoms with Crippen molar-refractivity contribution < 1.29 is 19.3 Å². The number of anilines is 1. The lowest BCUT2D eigenvalue weighted by atomic mass is 9.55. The highest BCUT2D eigenvalue weighted by molar-refractivity contribution is 6.25. The number of nitrogens with zero attached hydrogens (tertiary/aromatic N) is 1. The van der Waals surface area contributed by atoms with Crippen LogP contribution >= 0.6 is 0 Å². The van der Waals surface area contributed by atoms with Crippen molar-refractivity contribution in [3.05, 3.63) is 34.4 Å². The molecule has 7 heteroatoms. The van der Waals surface area contributed by atoms with Gasteiger partial charge >= 0.3 is 0 Å². The Morgan fingerprint density at radius 3 is 2.36 bits per heavy atom. The molecule has 0 aromatic heterocycles. The van der Waals surface area contributed by atoms with Crippen LogP contribution in [0.25, 0.3) is 0 Å². The molecule has 3 atom stereocenters. The Bertz CT molecular complexity index is 783. The number of nitrogens with one attached hydrogen (secondary N) is 1. The first-order chi connectivity index (χ1) is 11.6. The van der Waals surface area contributed by atoms with Crippen LogP contribution < -0.4 is 5.32 Å². The Morgan fingerprint density at radius 2 is 1.80 bits per heavy atom. The Kier molecular flexibility index (Phi) is 3.78. The van der Waals surface area contributed by atoms with Crippen LogP contribution in [0.3, 0.4) is 0 Å². The molecule has 2 unspecified atom stereocenters. The summed E-state index contributed by atoms with van der Waals surface area (Å²) in [5.74, 6) is -2.90. The van der Waals surface area contributed by atoms with E-state index in [2.05, 4.69) is 5.32 Å². The monoisotopic (exact) mass is 344 g/mol. The van der Waals surface area contributed by atoms with Crippen molar-refractivity contribution in [2.45, 2.75) is 33.6 Å². The van der Waals surface area contributed by atoms with Gasteiger partial charge in [0.05, 0.1) is 4.92 Å². The van der Waals surface area contributed by atoms with Crippen LogP contribution in [0.15, 0.2) is 24.3 Å². The fourth-order valence-electron chi connectivity index (χ4n) is 4.22. The molecule has 2 bridgehead atoms. The lowest BCUT2D eigenvalue weighted by Gasteiger charge is -2.45. The van der Waals surface area contributed by atoms with E-state index in [0.717, 1.165) is 0 Å². The Hall–Kier alpha value is -2.57. The first-order valence-electron chi connectivity index (χ1n) is 8.23. The standard InChI is InChI=1S/C18H20N2O5/c1-17(2)12-8-9-18(17,3)15(22)13(14(12)21)16(23)19-10-4-6-11(7-5-10)20(24)25/h4-7,12-13H,8-9H2,1-3H3,(H,19,23)/t12?,13?,18-/m0/s1. The number of carbonyl (C=O) groups excluding carboxylic acids is 3. The van der Waals surface area contributed by atoms with Crippen LogP contribution in [0.1, 0.15) is 33.6 Å². The zero-order valence-electron chi connectivity index (χ0n) is 14.4. The molecule has 0 aliphatic heterocycles. The number of hydrogen-bond donors (Lipinski definition) is 1. The van der Waals surface area contributed by atoms with Crippen molar-refractivity contribution in [1.82, 2.24) is 0 Å². The van der Waals surface area contributed by atoms with Gasteiger partial charge in [-0.05, 0) is 30.4 Å². The molecular formula is C18H20N2O5. The largest absolute Gasteiger partial charge is 0.325 e. The summed E-state index contributed by atoms with van der Waals surface area (Å²) in [4.78, 5) is 48.4. The van der Waals surface area contributed by atoms with Gasteiger partial charge < -0.3 is 5.32 Å². The average molecular weight is 344 g/mol. The third-order valence-corrected chi connectivity index (χ3v) is 6.27. The number of carbonyl (C=O) groups is 3. The molecule has 1 amide bonds. The molecule has 2 fully saturated rings. The molecule has 1 aromatic rings. The van der Waals surface area contributed by atoms with Gasteiger partial charge in [-0.2, -0.15) is 0 Å². The lowest BCUT2D eigenvalue weighted by Crippen LogP contribution is -2.56. The molecule has 2 aliphatic rings. The van der Waals surface area contributed by atoms with E-state index in [-0.39, 0.29) is 23.2 Å². The predicted molar refractivity (Wildman–Crippen MR) is 89.8 cm³/mol. The van der Waals surface area contributed by atoms with Gasteiger partial charge in [0, 0.05) is 29.2 Å². The average Bonchev–Trinajstić information content (AvgIpc) is 2.71. The third-order valence-electron chi connectivity index (χ3n) is 6.27. The fourth-order valence-corrected chi connectivity index (χ4v) is 4.22. The lowest BCUT2D eigenvalue weighted by molar-refractivity contribution is -0.384. The van der Waals surface area contributed by atoms with E-state index in [1.165, 1.54) is 24.3 Å². The molecule has 0 saturated heterocycles. The molecule has 0 spiro atoms. The molecule has 2 aliphatic carbocycles. The summed E-state index contributed by atoms with van der Waals surface area (Å²) in [6.07, 6.45) is 1.23. The van der Waals surface area contributed by atoms with Crippen molar-refractivity contribution in [2.24, 2.45) is 22.7 Å². The van der Waals surface area contributed by atoms with Gasteiger partial charge in [0.15, 0.2) is 17.5 Å². The minimum atomic E-state index is -1.30. The van der Waals surface area contributed by atoms with Gasteiger partial charge in [-0.15, -0.1) is 0 Å².